The van der Waals surface area contributed by atoms with Gasteiger partial charge in [-0.3, -0.25) is 0 Å². The van der Waals surface area contributed by atoms with Crippen LogP contribution in [-0.4, -0.2) is 25.6 Å². The van der Waals surface area contributed by atoms with Gasteiger partial charge in [-0.1, -0.05) is 19.4 Å². The standard InChI is InChI=1S/C16H21F5N2/c1-2-3-7-22-10-12-4-5-13(16(19,20)21)9-14(12)23-8-6-15(17,18)11-23/h4-5,9,22H,2-3,6-8,10-11H2,1H3. The second-order valence-electron chi connectivity index (χ2n) is 5.90. The van der Waals surface area contributed by atoms with Crippen LogP contribution in [0.1, 0.15) is 37.3 Å². The number of unbranched alkanes of at least 4 members (excludes halogenated alkanes) is 1. The first-order chi connectivity index (χ1) is 10.7. The lowest BCUT2D eigenvalue weighted by molar-refractivity contribution is -0.137. The highest BCUT2D eigenvalue weighted by atomic mass is 19.4. The number of alkyl halides is 5. The number of nitrogens with zero attached hydrogens (tertiary/aromatic N) is 1. The summed E-state index contributed by atoms with van der Waals surface area (Å²) in [4.78, 5) is 1.35. The van der Waals surface area contributed by atoms with Gasteiger partial charge in [0, 0.05) is 25.2 Å². The number of hydrogen-bond acceptors (Lipinski definition) is 2. The minimum atomic E-state index is -4.48. The van der Waals surface area contributed by atoms with Gasteiger partial charge in [-0.2, -0.15) is 13.2 Å². The Morgan fingerprint density at radius 2 is 2.00 bits per heavy atom. The van der Waals surface area contributed by atoms with Crippen molar-refractivity contribution >= 4 is 5.69 Å². The summed E-state index contributed by atoms with van der Waals surface area (Å²) >= 11 is 0. The number of anilines is 1. The van der Waals surface area contributed by atoms with Crippen LogP contribution in [0.4, 0.5) is 27.6 Å². The summed E-state index contributed by atoms with van der Waals surface area (Å²) in [6, 6.07) is 3.38. The van der Waals surface area contributed by atoms with Crippen molar-refractivity contribution in [2.45, 2.75) is 44.8 Å². The average molecular weight is 336 g/mol. The monoisotopic (exact) mass is 336 g/mol. The molecule has 1 aromatic rings. The van der Waals surface area contributed by atoms with Gasteiger partial charge in [0.05, 0.1) is 12.1 Å². The molecule has 1 N–H and O–H groups in total. The molecule has 1 heterocycles. The van der Waals surface area contributed by atoms with Crippen molar-refractivity contribution in [3.05, 3.63) is 29.3 Å². The molecule has 0 spiro atoms. The first-order valence-electron chi connectivity index (χ1n) is 7.76. The highest BCUT2D eigenvalue weighted by molar-refractivity contribution is 5.57. The average Bonchev–Trinajstić information content (AvgIpc) is 2.83. The molecule has 7 heteroatoms. The Bertz CT molecular complexity index is 528. The van der Waals surface area contributed by atoms with Gasteiger partial charge in [0.25, 0.3) is 5.92 Å². The van der Waals surface area contributed by atoms with Crippen LogP contribution >= 0.6 is 0 Å². The van der Waals surface area contributed by atoms with Crippen molar-refractivity contribution < 1.29 is 22.0 Å². The molecule has 0 amide bonds. The van der Waals surface area contributed by atoms with Crippen LogP contribution in [0.15, 0.2) is 18.2 Å². The zero-order valence-electron chi connectivity index (χ0n) is 13.0. The highest BCUT2D eigenvalue weighted by Gasteiger charge is 2.39. The van der Waals surface area contributed by atoms with E-state index < -0.39 is 24.2 Å². The van der Waals surface area contributed by atoms with Gasteiger partial charge in [-0.25, -0.2) is 8.78 Å². The largest absolute Gasteiger partial charge is 0.416 e. The maximum absolute atomic E-state index is 13.4. The third-order valence-corrected chi connectivity index (χ3v) is 3.95. The lowest BCUT2D eigenvalue weighted by atomic mass is 10.1. The summed E-state index contributed by atoms with van der Waals surface area (Å²) in [5.74, 6) is -2.85. The van der Waals surface area contributed by atoms with Crippen molar-refractivity contribution in [2.24, 2.45) is 0 Å². The van der Waals surface area contributed by atoms with Crippen LogP contribution < -0.4 is 10.2 Å². The van der Waals surface area contributed by atoms with E-state index >= 15 is 0 Å². The van der Waals surface area contributed by atoms with Crippen molar-refractivity contribution in [3.63, 3.8) is 0 Å². The van der Waals surface area contributed by atoms with Crippen LogP contribution in [-0.2, 0) is 12.7 Å². The highest BCUT2D eigenvalue weighted by Crippen LogP contribution is 2.37. The number of benzene rings is 1. The molecule has 0 saturated carbocycles. The van der Waals surface area contributed by atoms with Gasteiger partial charge in [-0.05, 0) is 30.7 Å². The van der Waals surface area contributed by atoms with E-state index in [0.717, 1.165) is 31.5 Å². The predicted octanol–water partition coefficient (Wildman–Crippen LogP) is 4.44. The first-order valence-corrected chi connectivity index (χ1v) is 7.76. The number of rotatable bonds is 6. The van der Waals surface area contributed by atoms with E-state index in [2.05, 4.69) is 5.32 Å². The van der Waals surface area contributed by atoms with E-state index in [1.165, 1.54) is 11.0 Å². The summed E-state index contributed by atoms with van der Waals surface area (Å²) < 4.78 is 65.6. The zero-order chi connectivity index (χ0) is 17.1. The molecule has 0 aromatic heterocycles. The quantitative estimate of drug-likeness (QED) is 0.610. The van der Waals surface area contributed by atoms with Crippen molar-refractivity contribution in [3.8, 4) is 0 Å². The van der Waals surface area contributed by atoms with E-state index in [4.69, 9.17) is 0 Å². The first kappa shape index (κ1) is 18.0. The van der Waals surface area contributed by atoms with Crippen molar-refractivity contribution in [1.82, 2.24) is 5.32 Å². The Balaban J connectivity index is 2.23. The van der Waals surface area contributed by atoms with Gasteiger partial charge in [-0.15, -0.1) is 0 Å². The van der Waals surface area contributed by atoms with Gasteiger partial charge in [0.1, 0.15) is 0 Å². The number of halogens is 5. The zero-order valence-corrected chi connectivity index (χ0v) is 13.0. The SMILES string of the molecule is CCCCNCc1ccc(C(F)(F)F)cc1N1CCC(F)(F)C1. The van der Waals surface area contributed by atoms with Gasteiger partial charge < -0.3 is 10.2 Å². The Kier molecular flexibility index (Phi) is 5.49. The topological polar surface area (TPSA) is 15.3 Å². The van der Waals surface area contributed by atoms with E-state index in [0.29, 0.717) is 12.1 Å². The predicted molar refractivity (Wildman–Crippen MR) is 79.8 cm³/mol. The minimum absolute atomic E-state index is 0.0657. The lowest BCUT2D eigenvalue weighted by Gasteiger charge is -2.23. The van der Waals surface area contributed by atoms with Crippen molar-refractivity contribution in [1.29, 1.82) is 0 Å². The molecular formula is C16H21F5N2. The van der Waals surface area contributed by atoms with Crippen LogP contribution in [0.5, 0.6) is 0 Å². The third-order valence-electron chi connectivity index (χ3n) is 3.95. The van der Waals surface area contributed by atoms with Gasteiger partial charge in [0.2, 0.25) is 0 Å². The molecule has 0 atom stereocenters. The van der Waals surface area contributed by atoms with Crippen molar-refractivity contribution in [2.75, 3.05) is 24.5 Å². The minimum Gasteiger partial charge on any atom is -0.365 e. The molecule has 1 aliphatic heterocycles. The summed E-state index contributed by atoms with van der Waals surface area (Å²) in [6.45, 7) is 2.69. The fourth-order valence-electron chi connectivity index (χ4n) is 2.65. The van der Waals surface area contributed by atoms with Crippen LogP contribution in [0.2, 0.25) is 0 Å². The molecule has 0 bridgehead atoms. The molecule has 23 heavy (non-hydrogen) atoms. The third kappa shape index (κ3) is 4.80. The lowest BCUT2D eigenvalue weighted by Crippen LogP contribution is -2.27. The molecule has 1 fully saturated rings. The Morgan fingerprint density at radius 3 is 2.57 bits per heavy atom. The van der Waals surface area contributed by atoms with E-state index in [9.17, 15) is 22.0 Å². The maximum Gasteiger partial charge on any atom is 0.416 e. The van der Waals surface area contributed by atoms with E-state index in [1.807, 2.05) is 6.92 Å². The number of hydrogen-bond donors (Lipinski definition) is 1. The summed E-state index contributed by atoms with van der Waals surface area (Å²) in [7, 11) is 0. The summed E-state index contributed by atoms with van der Waals surface area (Å²) in [5, 5.41) is 3.15. The molecular weight excluding hydrogens is 315 g/mol. The normalized spacial score (nSPS) is 17.7. The Labute approximate surface area is 132 Å². The van der Waals surface area contributed by atoms with Crippen LogP contribution in [0.3, 0.4) is 0 Å². The maximum atomic E-state index is 13.4. The van der Waals surface area contributed by atoms with E-state index in [-0.39, 0.29) is 18.7 Å². The smallest absolute Gasteiger partial charge is 0.365 e. The van der Waals surface area contributed by atoms with Crippen LogP contribution in [0, 0.1) is 0 Å². The molecule has 2 rings (SSSR count). The Morgan fingerprint density at radius 1 is 1.26 bits per heavy atom. The summed E-state index contributed by atoms with van der Waals surface area (Å²) in [6.07, 6.45) is -2.85. The molecule has 1 aromatic carbocycles. The summed E-state index contributed by atoms with van der Waals surface area (Å²) in [5.41, 5.74) is 0.0628. The number of nitrogens with one attached hydrogen (secondary N) is 1. The van der Waals surface area contributed by atoms with Crippen LogP contribution in [0.25, 0.3) is 0 Å². The molecule has 0 unspecified atom stereocenters. The molecule has 1 saturated heterocycles. The Hall–Kier alpha value is -1.37. The molecule has 2 nitrogen and oxygen atoms in total. The molecule has 1 aliphatic rings. The van der Waals surface area contributed by atoms with E-state index in [1.54, 1.807) is 0 Å². The fourth-order valence-corrected chi connectivity index (χ4v) is 2.65. The fraction of sp³-hybridized carbons (Fsp3) is 0.625. The second-order valence-corrected chi connectivity index (χ2v) is 5.90. The molecule has 0 aliphatic carbocycles. The second kappa shape index (κ2) is 7.03. The van der Waals surface area contributed by atoms with Gasteiger partial charge >= 0.3 is 6.18 Å². The molecule has 130 valence electrons. The molecule has 0 radical (unpaired) electrons. The van der Waals surface area contributed by atoms with Gasteiger partial charge in [0.15, 0.2) is 0 Å².